The van der Waals surface area contributed by atoms with Gasteiger partial charge in [-0.25, -0.2) is 4.98 Å². The molecule has 0 fully saturated rings. The molecule has 5 nitrogen and oxygen atoms in total. The van der Waals surface area contributed by atoms with Gasteiger partial charge < -0.3 is 10.2 Å². The van der Waals surface area contributed by atoms with Crippen LogP contribution in [0.2, 0.25) is 0 Å². The second kappa shape index (κ2) is 3.82. The fourth-order valence-corrected chi connectivity index (χ4v) is 1.59. The second-order valence-electron chi connectivity index (χ2n) is 2.97. The molecule has 0 saturated heterocycles. The van der Waals surface area contributed by atoms with Crippen molar-refractivity contribution in [3.8, 4) is 0 Å². The minimum atomic E-state index is -0.151. The molecular weight excluding hydrogens is 214 g/mol. The molecule has 0 aliphatic rings. The van der Waals surface area contributed by atoms with Crippen LogP contribution in [0, 0.1) is 0 Å². The summed E-state index contributed by atoms with van der Waals surface area (Å²) in [4.78, 5) is 14.8. The number of nitrogens with two attached hydrogens (primary N) is 1. The topological polar surface area (TPSA) is 81.2 Å². The molecule has 0 bridgehead atoms. The Morgan fingerprint density at radius 2 is 2.40 bits per heavy atom. The molecule has 1 aromatic carbocycles. The van der Waals surface area contributed by atoms with E-state index in [4.69, 9.17) is 10.2 Å². The lowest BCUT2D eigenvalue weighted by atomic mass is 10.3. The molecule has 1 aromatic heterocycles. The van der Waals surface area contributed by atoms with Gasteiger partial charge >= 0.3 is 0 Å². The van der Waals surface area contributed by atoms with Crippen molar-refractivity contribution in [3.05, 3.63) is 18.2 Å². The predicted molar refractivity (Wildman–Crippen MR) is 58.1 cm³/mol. The van der Waals surface area contributed by atoms with E-state index in [1.165, 1.54) is 6.92 Å². The molecule has 0 aliphatic carbocycles. The fourth-order valence-electron chi connectivity index (χ4n) is 1.08. The molecule has 2 rings (SSSR count). The van der Waals surface area contributed by atoms with Crippen LogP contribution < -0.4 is 10.5 Å². The number of aromatic nitrogens is 1. The Balaban J connectivity index is 2.27. The maximum absolute atomic E-state index is 10.7. The molecule has 0 saturated carbocycles. The van der Waals surface area contributed by atoms with E-state index in [-0.39, 0.29) is 5.91 Å². The third-order valence-electron chi connectivity index (χ3n) is 1.67. The van der Waals surface area contributed by atoms with Crippen molar-refractivity contribution >= 4 is 34.6 Å². The van der Waals surface area contributed by atoms with Crippen molar-refractivity contribution in [3.63, 3.8) is 0 Å². The van der Waals surface area contributed by atoms with Crippen LogP contribution in [0.4, 0.5) is 5.69 Å². The molecule has 0 atom stereocenters. The quantitative estimate of drug-likeness (QED) is 0.596. The molecule has 0 unspecified atom stereocenters. The summed E-state index contributed by atoms with van der Waals surface area (Å²) < 4.78 is 7.88. The maximum atomic E-state index is 10.7. The third-order valence-corrected chi connectivity index (χ3v) is 2.41. The summed E-state index contributed by atoms with van der Waals surface area (Å²) >= 11 is 1.04. The summed E-state index contributed by atoms with van der Waals surface area (Å²) in [6, 6.07) is 5.21. The second-order valence-corrected chi connectivity index (χ2v) is 3.72. The number of nitrogen functional groups attached to an aromatic ring is 1. The first-order valence-electron chi connectivity index (χ1n) is 4.24. The van der Waals surface area contributed by atoms with Crippen LogP contribution in [-0.2, 0) is 4.79 Å². The molecular formula is C9H9N3O2S. The van der Waals surface area contributed by atoms with Gasteiger partial charge in [0.25, 0.3) is 5.22 Å². The highest BCUT2D eigenvalue weighted by Crippen LogP contribution is 2.23. The molecule has 0 aliphatic heterocycles. The van der Waals surface area contributed by atoms with Crippen molar-refractivity contribution in [2.75, 3.05) is 5.73 Å². The van der Waals surface area contributed by atoms with Gasteiger partial charge in [-0.15, -0.1) is 0 Å². The number of oxazole rings is 1. The standard InChI is InChI=1S/C9H9N3O2S/c1-5(13)12-15-9-11-7-3-2-6(10)4-8(7)14-9/h2-4H,10H2,1H3,(H,12,13). The highest BCUT2D eigenvalue weighted by molar-refractivity contribution is 7.97. The zero-order valence-electron chi connectivity index (χ0n) is 7.98. The van der Waals surface area contributed by atoms with E-state index in [0.29, 0.717) is 16.5 Å². The molecule has 0 spiro atoms. The molecule has 1 heterocycles. The summed E-state index contributed by atoms with van der Waals surface area (Å²) in [5.74, 6) is -0.151. The average Bonchev–Trinajstić information content (AvgIpc) is 2.56. The van der Waals surface area contributed by atoms with E-state index in [0.717, 1.165) is 17.5 Å². The van der Waals surface area contributed by atoms with Crippen molar-refractivity contribution in [1.29, 1.82) is 0 Å². The van der Waals surface area contributed by atoms with Crippen molar-refractivity contribution in [2.45, 2.75) is 12.1 Å². The maximum Gasteiger partial charge on any atom is 0.277 e. The third kappa shape index (κ3) is 2.21. The van der Waals surface area contributed by atoms with E-state index in [9.17, 15) is 4.79 Å². The molecule has 0 radical (unpaired) electrons. The van der Waals surface area contributed by atoms with Crippen LogP contribution in [0.25, 0.3) is 11.1 Å². The zero-order valence-corrected chi connectivity index (χ0v) is 8.80. The summed E-state index contributed by atoms with van der Waals surface area (Å²) in [7, 11) is 0. The van der Waals surface area contributed by atoms with Crippen LogP contribution in [0.3, 0.4) is 0 Å². The smallest absolute Gasteiger partial charge is 0.277 e. The Morgan fingerprint density at radius 3 is 3.13 bits per heavy atom. The Kier molecular flexibility index (Phi) is 2.51. The number of carbonyl (C=O) groups excluding carboxylic acids is 1. The number of amides is 1. The number of hydrogen-bond donors (Lipinski definition) is 2. The van der Waals surface area contributed by atoms with Gasteiger partial charge in [-0.05, 0) is 12.1 Å². The number of hydrogen-bond acceptors (Lipinski definition) is 5. The van der Waals surface area contributed by atoms with Gasteiger partial charge in [0.1, 0.15) is 5.52 Å². The van der Waals surface area contributed by atoms with E-state index < -0.39 is 0 Å². The number of nitrogens with one attached hydrogen (secondary N) is 1. The first-order valence-corrected chi connectivity index (χ1v) is 5.06. The lowest BCUT2D eigenvalue weighted by molar-refractivity contribution is -0.117. The van der Waals surface area contributed by atoms with Crippen molar-refractivity contribution in [2.24, 2.45) is 0 Å². The molecule has 15 heavy (non-hydrogen) atoms. The van der Waals surface area contributed by atoms with Crippen LogP contribution in [0.15, 0.2) is 27.8 Å². The minimum Gasteiger partial charge on any atom is -0.430 e. The van der Waals surface area contributed by atoms with Gasteiger partial charge in [-0.1, -0.05) is 0 Å². The number of carbonyl (C=O) groups is 1. The molecule has 1 amide bonds. The SMILES string of the molecule is CC(=O)NSc1nc2ccc(N)cc2o1. The Bertz CT molecular complexity index is 509. The van der Waals surface area contributed by atoms with Gasteiger partial charge in [0, 0.05) is 30.6 Å². The summed E-state index contributed by atoms with van der Waals surface area (Å²) in [5.41, 5.74) is 7.54. The van der Waals surface area contributed by atoms with Gasteiger partial charge in [-0.2, -0.15) is 0 Å². The Hall–Kier alpha value is -1.69. The number of benzene rings is 1. The summed E-state index contributed by atoms with van der Waals surface area (Å²) in [6.07, 6.45) is 0. The number of rotatable bonds is 2. The lowest BCUT2D eigenvalue weighted by Gasteiger charge is -1.93. The van der Waals surface area contributed by atoms with Crippen LogP contribution in [0.5, 0.6) is 0 Å². The van der Waals surface area contributed by atoms with Gasteiger partial charge in [-0.3, -0.25) is 9.52 Å². The normalized spacial score (nSPS) is 10.5. The van der Waals surface area contributed by atoms with Crippen LogP contribution in [0.1, 0.15) is 6.92 Å². The van der Waals surface area contributed by atoms with Crippen molar-refractivity contribution in [1.82, 2.24) is 9.71 Å². The van der Waals surface area contributed by atoms with E-state index >= 15 is 0 Å². The number of anilines is 1. The number of nitrogens with zero attached hydrogens (tertiary/aromatic N) is 1. The Labute approximate surface area is 90.2 Å². The largest absolute Gasteiger partial charge is 0.430 e. The average molecular weight is 223 g/mol. The van der Waals surface area contributed by atoms with Gasteiger partial charge in [0.05, 0.1) is 0 Å². The molecule has 6 heteroatoms. The molecule has 78 valence electrons. The van der Waals surface area contributed by atoms with E-state index in [1.807, 2.05) is 0 Å². The summed E-state index contributed by atoms with van der Waals surface area (Å²) in [6.45, 7) is 1.42. The fraction of sp³-hybridized carbons (Fsp3) is 0.111. The predicted octanol–water partition coefficient (Wildman–Crippen LogP) is 1.55. The first kappa shape index (κ1) is 9.85. The highest BCUT2D eigenvalue weighted by atomic mass is 32.2. The summed E-state index contributed by atoms with van der Waals surface area (Å²) in [5, 5.41) is 0.394. The molecule has 3 N–H and O–H groups in total. The van der Waals surface area contributed by atoms with E-state index in [1.54, 1.807) is 18.2 Å². The monoisotopic (exact) mass is 223 g/mol. The van der Waals surface area contributed by atoms with Crippen LogP contribution in [-0.4, -0.2) is 10.9 Å². The number of fused-ring (bicyclic) bond motifs is 1. The molecule has 2 aromatic rings. The van der Waals surface area contributed by atoms with Gasteiger partial charge in [0.15, 0.2) is 5.58 Å². The first-order chi connectivity index (χ1) is 7.15. The van der Waals surface area contributed by atoms with E-state index in [2.05, 4.69) is 9.71 Å². The minimum absolute atomic E-state index is 0.151. The van der Waals surface area contributed by atoms with Crippen LogP contribution >= 0.6 is 11.9 Å². The Morgan fingerprint density at radius 1 is 1.60 bits per heavy atom. The lowest BCUT2D eigenvalue weighted by Crippen LogP contribution is -2.09. The van der Waals surface area contributed by atoms with Crippen molar-refractivity contribution < 1.29 is 9.21 Å². The zero-order chi connectivity index (χ0) is 10.8. The highest BCUT2D eigenvalue weighted by Gasteiger charge is 2.06. The van der Waals surface area contributed by atoms with Gasteiger partial charge in [0.2, 0.25) is 5.91 Å².